The highest BCUT2D eigenvalue weighted by molar-refractivity contribution is 7.92. The molecule has 0 heterocycles. The normalized spacial score (nSPS) is 11.6. The zero-order valence-electron chi connectivity index (χ0n) is 18.5. The summed E-state index contributed by atoms with van der Waals surface area (Å²) in [6.07, 6.45) is 0. The number of hydrogen-bond acceptors (Lipinski definition) is 4. The Bertz CT molecular complexity index is 1140. The molecule has 2 N–H and O–H groups in total. The lowest BCUT2D eigenvalue weighted by atomic mass is 9.87. The monoisotopic (exact) mass is 452 g/mol. The highest BCUT2D eigenvalue weighted by Gasteiger charge is 2.14. The molecular formula is C25H28N2O4S. The van der Waals surface area contributed by atoms with Gasteiger partial charge in [-0.1, -0.05) is 51.1 Å². The van der Waals surface area contributed by atoms with Gasteiger partial charge in [-0.15, -0.1) is 0 Å². The van der Waals surface area contributed by atoms with Crippen LogP contribution in [0.2, 0.25) is 0 Å². The molecule has 0 radical (unpaired) electrons. The maximum Gasteiger partial charge on any atom is 0.261 e. The summed E-state index contributed by atoms with van der Waals surface area (Å²) in [5.41, 5.74) is 2.13. The Morgan fingerprint density at radius 2 is 1.50 bits per heavy atom. The van der Waals surface area contributed by atoms with Crippen molar-refractivity contribution in [2.24, 2.45) is 0 Å². The van der Waals surface area contributed by atoms with Crippen molar-refractivity contribution in [3.8, 4) is 5.75 Å². The van der Waals surface area contributed by atoms with Gasteiger partial charge in [-0.3, -0.25) is 9.52 Å². The smallest absolute Gasteiger partial charge is 0.261 e. The van der Waals surface area contributed by atoms with E-state index in [4.69, 9.17) is 4.74 Å². The number of benzene rings is 3. The Hall–Kier alpha value is -3.32. The molecule has 3 aromatic carbocycles. The number of rotatable bonds is 8. The van der Waals surface area contributed by atoms with Crippen LogP contribution in [0, 0.1) is 0 Å². The van der Waals surface area contributed by atoms with Gasteiger partial charge in [0.05, 0.1) is 11.4 Å². The molecule has 7 heteroatoms. The third-order valence-electron chi connectivity index (χ3n) is 4.83. The predicted octanol–water partition coefficient (Wildman–Crippen LogP) is 4.59. The maximum atomic E-state index is 12.4. The molecule has 168 valence electrons. The van der Waals surface area contributed by atoms with E-state index in [1.54, 1.807) is 42.5 Å². The molecule has 0 aliphatic carbocycles. The van der Waals surface area contributed by atoms with Crippen LogP contribution in [0.3, 0.4) is 0 Å². The van der Waals surface area contributed by atoms with Crippen molar-refractivity contribution in [3.05, 3.63) is 90.0 Å². The van der Waals surface area contributed by atoms with E-state index in [2.05, 4.69) is 30.8 Å². The Labute approximate surface area is 189 Å². The van der Waals surface area contributed by atoms with Crippen LogP contribution in [0.5, 0.6) is 5.75 Å². The molecule has 0 bridgehead atoms. The average Bonchev–Trinajstić information content (AvgIpc) is 2.77. The summed E-state index contributed by atoms with van der Waals surface area (Å²) in [6, 6.07) is 22.3. The second-order valence-electron chi connectivity index (χ2n) is 8.37. The summed E-state index contributed by atoms with van der Waals surface area (Å²) in [7, 11) is -3.67. The third-order valence-corrected chi connectivity index (χ3v) is 6.23. The molecule has 0 saturated carbocycles. The van der Waals surface area contributed by atoms with Gasteiger partial charge in [0.15, 0.2) is 0 Å². The first kappa shape index (κ1) is 23.3. The van der Waals surface area contributed by atoms with E-state index in [1.807, 2.05) is 24.3 Å². The fourth-order valence-electron chi connectivity index (χ4n) is 2.99. The van der Waals surface area contributed by atoms with Gasteiger partial charge in [0.1, 0.15) is 12.4 Å². The van der Waals surface area contributed by atoms with Crippen molar-refractivity contribution in [1.82, 2.24) is 5.32 Å². The van der Waals surface area contributed by atoms with Crippen molar-refractivity contribution in [2.45, 2.75) is 31.1 Å². The van der Waals surface area contributed by atoms with Crippen molar-refractivity contribution in [2.75, 3.05) is 17.9 Å². The van der Waals surface area contributed by atoms with E-state index in [0.29, 0.717) is 24.4 Å². The lowest BCUT2D eigenvalue weighted by Gasteiger charge is -2.19. The van der Waals surface area contributed by atoms with Gasteiger partial charge in [-0.25, -0.2) is 8.42 Å². The Morgan fingerprint density at radius 1 is 0.875 bits per heavy atom. The zero-order valence-corrected chi connectivity index (χ0v) is 19.3. The second kappa shape index (κ2) is 9.87. The number of hydrogen-bond donors (Lipinski definition) is 2. The predicted molar refractivity (Wildman–Crippen MR) is 127 cm³/mol. The summed E-state index contributed by atoms with van der Waals surface area (Å²) >= 11 is 0. The fourth-order valence-corrected chi connectivity index (χ4v) is 4.07. The van der Waals surface area contributed by atoms with Crippen molar-refractivity contribution < 1.29 is 17.9 Å². The van der Waals surface area contributed by atoms with Crippen LogP contribution >= 0.6 is 0 Å². The minimum absolute atomic E-state index is 0.0866. The average molecular weight is 453 g/mol. The molecule has 0 aliphatic rings. The number of amides is 1. The minimum atomic E-state index is -3.67. The van der Waals surface area contributed by atoms with E-state index < -0.39 is 10.0 Å². The molecule has 0 atom stereocenters. The summed E-state index contributed by atoms with van der Waals surface area (Å²) in [5.74, 6) is 0.497. The van der Waals surface area contributed by atoms with Gasteiger partial charge in [-0.2, -0.15) is 0 Å². The van der Waals surface area contributed by atoms with Crippen molar-refractivity contribution in [1.29, 1.82) is 0 Å². The quantitative estimate of drug-likeness (QED) is 0.490. The number of carbonyl (C=O) groups is 1. The molecule has 0 saturated heterocycles. The highest BCUT2D eigenvalue weighted by Crippen LogP contribution is 2.24. The van der Waals surface area contributed by atoms with Crippen LogP contribution in [0.15, 0.2) is 83.8 Å². The van der Waals surface area contributed by atoms with Gasteiger partial charge < -0.3 is 10.1 Å². The van der Waals surface area contributed by atoms with Crippen LogP contribution in [0.25, 0.3) is 0 Å². The molecule has 0 unspecified atom stereocenters. The van der Waals surface area contributed by atoms with E-state index in [-0.39, 0.29) is 16.2 Å². The number of anilines is 1. The zero-order chi connectivity index (χ0) is 23.2. The van der Waals surface area contributed by atoms with Gasteiger partial charge in [-0.05, 0) is 59.5 Å². The molecule has 32 heavy (non-hydrogen) atoms. The molecular weight excluding hydrogens is 424 g/mol. The molecule has 0 spiro atoms. The molecule has 6 nitrogen and oxygen atoms in total. The first-order chi connectivity index (χ1) is 15.1. The topological polar surface area (TPSA) is 84.5 Å². The van der Waals surface area contributed by atoms with Gasteiger partial charge >= 0.3 is 0 Å². The van der Waals surface area contributed by atoms with Gasteiger partial charge in [0.25, 0.3) is 15.9 Å². The summed E-state index contributed by atoms with van der Waals surface area (Å²) in [5, 5.41) is 2.80. The molecule has 0 fully saturated rings. The SMILES string of the molecule is CC(C)(C)c1ccc(OCCNC(=O)c2ccc(NS(=O)(=O)c3ccccc3)cc2)cc1. The van der Waals surface area contributed by atoms with Crippen LogP contribution in [-0.2, 0) is 15.4 Å². The summed E-state index contributed by atoms with van der Waals surface area (Å²) in [4.78, 5) is 12.5. The highest BCUT2D eigenvalue weighted by atomic mass is 32.2. The lowest BCUT2D eigenvalue weighted by molar-refractivity contribution is 0.0947. The minimum Gasteiger partial charge on any atom is -0.492 e. The Morgan fingerprint density at radius 3 is 2.09 bits per heavy atom. The van der Waals surface area contributed by atoms with Crippen molar-refractivity contribution in [3.63, 3.8) is 0 Å². The largest absolute Gasteiger partial charge is 0.492 e. The van der Waals surface area contributed by atoms with E-state index in [1.165, 1.54) is 17.7 Å². The Kier molecular flexibility index (Phi) is 7.20. The van der Waals surface area contributed by atoms with Crippen LogP contribution < -0.4 is 14.8 Å². The number of ether oxygens (including phenoxy) is 1. The van der Waals surface area contributed by atoms with Crippen LogP contribution in [0.1, 0.15) is 36.7 Å². The molecule has 1 amide bonds. The summed E-state index contributed by atoms with van der Waals surface area (Å²) < 4.78 is 32.9. The van der Waals surface area contributed by atoms with Gasteiger partial charge in [0.2, 0.25) is 0 Å². The number of carbonyl (C=O) groups excluding carboxylic acids is 1. The first-order valence-corrected chi connectivity index (χ1v) is 11.8. The van der Waals surface area contributed by atoms with Crippen molar-refractivity contribution >= 4 is 21.6 Å². The number of nitrogens with one attached hydrogen (secondary N) is 2. The first-order valence-electron chi connectivity index (χ1n) is 10.3. The standard InChI is InChI=1S/C25H28N2O4S/c1-25(2,3)20-11-15-22(16-12-20)31-18-17-26-24(28)19-9-13-21(14-10-19)27-32(29,30)23-7-5-4-6-8-23/h4-16,27H,17-18H2,1-3H3,(H,26,28). The Balaban J connectivity index is 1.48. The van der Waals surface area contributed by atoms with E-state index in [0.717, 1.165) is 5.75 Å². The van der Waals surface area contributed by atoms with E-state index in [9.17, 15) is 13.2 Å². The van der Waals surface area contributed by atoms with E-state index >= 15 is 0 Å². The number of sulfonamides is 1. The third kappa shape index (κ3) is 6.34. The second-order valence-corrected chi connectivity index (χ2v) is 10.1. The molecule has 3 aromatic rings. The molecule has 0 aromatic heterocycles. The molecule has 3 rings (SSSR count). The van der Waals surface area contributed by atoms with Crippen LogP contribution in [0.4, 0.5) is 5.69 Å². The maximum absolute atomic E-state index is 12.4. The van der Waals surface area contributed by atoms with Crippen LogP contribution in [-0.4, -0.2) is 27.5 Å². The fraction of sp³-hybridized carbons (Fsp3) is 0.240. The van der Waals surface area contributed by atoms with Gasteiger partial charge in [0, 0.05) is 11.3 Å². The lowest BCUT2D eigenvalue weighted by Crippen LogP contribution is -2.28. The molecule has 0 aliphatic heterocycles. The summed E-state index contributed by atoms with van der Waals surface area (Å²) in [6.45, 7) is 7.16.